The monoisotopic (exact) mass is 242 g/mol. The van der Waals surface area contributed by atoms with Crippen molar-refractivity contribution in [1.82, 2.24) is 4.90 Å². The van der Waals surface area contributed by atoms with E-state index in [0.29, 0.717) is 45.7 Å². The SMILES string of the molecule is C=CCN(CCO)C(=O)C1(CN)CCOCC1. The van der Waals surface area contributed by atoms with Crippen molar-refractivity contribution >= 4 is 5.91 Å². The molecule has 1 saturated heterocycles. The third-order valence-corrected chi connectivity index (χ3v) is 3.30. The largest absolute Gasteiger partial charge is 0.395 e. The Balaban J connectivity index is 2.77. The van der Waals surface area contributed by atoms with Crippen molar-refractivity contribution < 1.29 is 14.6 Å². The minimum atomic E-state index is -0.517. The van der Waals surface area contributed by atoms with Crippen LogP contribution in [0.3, 0.4) is 0 Å². The molecule has 0 spiro atoms. The van der Waals surface area contributed by atoms with Gasteiger partial charge in [-0.3, -0.25) is 4.79 Å². The number of nitrogens with zero attached hydrogens (tertiary/aromatic N) is 1. The van der Waals surface area contributed by atoms with E-state index in [-0.39, 0.29) is 12.5 Å². The van der Waals surface area contributed by atoms with E-state index in [4.69, 9.17) is 15.6 Å². The van der Waals surface area contributed by atoms with Gasteiger partial charge in [-0.05, 0) is 12.8 Å². The van der Waals surface area contributed by atoms with Crippen molar-refractivity contribution in [1.29, 1.82) is 0 Å². The molecule has 3 N–H and O–H groups in total. The summed E-state index contributed by atoms with van der Waals surface area (Å²) < 4.78 is 5.28. The van der Waals surface area contributed by atoms with Crippen LogP contribution in [0, 0.1) is 5.41 Å². The molecule has 0 bridgehead atoms. The van der Waals surface area contributed by atoms with Gasteiger partial charge in [0.2, 0.25) is 5.91 Å². The Labute approximate surface area is 102 Å². The predicted octanol–water partition coefficient (Wildman–Crippen LogP) is -0.251. The van der Waals surface area contributed by atoms with Gasteiger partial charge in [0.25, 0.3) is 0 Å². The molecule has 1 rings (SSSR count). The molecule has 1 aliphatic rings. The van der Waals surface area contributed by atoms with Crippen LogP contribution >= 0.6 is 0 Å². The number of carbonyl (C=O) groups excluding carboxylic acids is 1. The van der Waals surface area contributed by atoms with Crippen LogP contribution < -0.4 is 5.73 Å². The second-order valence-electron chi connectivity index (χ2n) is 4.36. The van der Waals surface area contributed by atoms with Gasteiger partial charge < -0.3 is 20.5 Å². The van der Waals surface area contributed by atoms with Crippen molar-refractivity contribution in [2.45, 2.75) is 12.8 Å². The van der Waals surface area contributed by atoms with Gasteiger partial charge in [-0.1, -0.05) is 6.08 Å². The van der Waals surface area contributed by atoms with Crippen LogP contribution in [0.1, 0.15) is 12.8 Å². The Bertz CT molecular complexity index is 262. The Kier molecular flexibility index (Phi) is 5.61. The molecule has 0 aromatic rings. The average molecular weight is 242 g/mol. The molecule has 1 fully saturated rings. The van der Waals surface area contributed by atoms with Gasteiger partial charge in [-0.2, -0.15) is 0 Å². The fourth-order valence-corrected chi connectivity index (χ4v) is 2.16. The highest BCUT2D eigenvalue weighted by Gasteiger charge is 2.40. The summed E-state index contributed by atoms with van der Waals surface area (Å²) >= 11 is 0. The zero-order valence-corrected chi connectivity index (χ0v) is 10.2. The van der Waals surface area contributed by atoms with E-state index in [1.807, 2.05) is 0 Å². The summed E-state index contributed by atoms with van der Waals surface area (Å²) in [6.45, 7) is 5.83. The smallest absolute Gasteiger partial charge is 0.230 e. The third-order valence-electron chi connectivity index (χ3n) is 3.30. The fraction of sp³-hybridized carbons (Fsp3) is 0.750. The van der Waals surface area contributed by atoms with E-state index in [1.165, 1.54) is 0 Å². The number of amides is 1. The van der Waals surface area contributed by atoms with Crippen LogP contribution in [0.4, 0.5) is 0 Å². The molecule has 1 aliphatic heterocycles. The second kappa shape index (κ2) is 6.74. The molecule has 0 atom stereocenters. The highest BCUT2D eigenvalue weighted by molar-refractivity contribution is 5.83. The zero-order valence-electron chi connectivity index (χ0n) is 10.2. The van der Waals surface area contributed by atoms with Crippen molar-refractivity contribution in [2.24, 2.45) is 11.1 Å². The first-order valence-electron chi connectivity index (χ1n) is 5.99. The van der Waals surface area contributed by atoms with E-state index in [0.717, 1.165) is 0 Å². The topological polar surface area (TPSA) is 75.8 Å². The highest BCUT2D eigenvalue weighted by Crippen LogP contribution is 2.31. The Morgan fingerprint density at radius 3 is 2.65 bits per heavy atom. The Morgan fingerprint density at radius 2 is 2.18 bits per heavy atom. The molecule has 1 amide bonds. The van der Waals surface area contributed by atoms with Gasteiger partial charge in [-0.15, -0.1) is 6.58 Å². The standard InChI is InChI=1S/C12H22N2O3/c1-2-5-14(6-7-15)11(16)12(10-13)3-8-17-9-4-12/h2,15H,1,3-10,13H2. The lowest BCUT2D eigenvalue weighted by Crippen LogP contribution is -2.51. The Morgan fingerprint density at radius 1 is 1.53 bits per heavy atom. The summed E-state index contributed by atoms with van der Waals surface area (Å²) in [5.74, 6) is 0.0113. The van der Waals surface area contributed by atoms with E-state index >= 15 is 0 Å². The number of ether oxygens (including phenoxy) is 1. The average Bonchev–Trinajstić information content (AvgIpc) is 2.38. The highest BCUT2D eigenvalue weighted by atomic mass is 16.5. The quantitative estimate of drug-likeness (QED) is 0.630. The molecule has 1 heterocycles. The summed E-state index contributed by atoms with van der Waals surface area (Å²) in [4.78, 5) is 14.1. The number of carbonyl (C=O) groups is 1. The molecule has 0 unspecified atom stereocenters. The summed E-state index contributed by atoms with van der Waals surface area (Å²) in [6, 6.07) is 0. The van der Waals surface area contributed by atoms with E-state index in [2.05, 4.69) is 6.58 Å². The first kappa shape index (κ1) is 14.2. The lowest BCUT2D eigenvalue weighted by Gasteiger charge is -2.38. The maximum absolute atomic E-state index is 12.5. The lowest BCUT2D eigenvalue weighted by molar-refractivity contribution is -0.147. The van der Waals surface area contributed by atoms with Crippen LogP contribution in [0.5, 0.6) is 0 Å². The molecule has 0 aromatic heterocycles. The maximum Gasteiger partial charge on any atom is 0.230 e. The van der Waals surface area contributed by atoms with E-state index in [9.17, 15) is 4.79 Å². The van der Waals surface area contributed by atoms with Crippen molar-refractivity contribution in [2.75, 3.05) is 39.5 Å². The van der Waals surface area contributed by atoms with E-state index < -0.39 is 5.41 Å². The van der Waals surface area contributed by atoms with Gasteiger partial charge in [0.05, 0.1) is 12.0 Å². The van der Waals surface area contributed by atoms with Crippen LogP contribution in [-0.4, -0.2) is 55.4 Å². The Hall–Kier alpha value is -0.910. The molecule has 98 valence electrons. The molecule has 5 nitrogen and oxygen atoms in total. The van der Waals surface area contributed by atoms with Crippen LogP contribution in [0.15, 0.2) is 12.7 Å². The first-order valence-corrected chi connectivity index (χ1v) is 5.99. The third kappa shape index (κ3) is 3.28. The van der Waals surface area contributed by atoms with Gasteiger partial charge in [0.1, 0.15) is 0 Å². The molecule has 5 heteroatoms. The minimum Gasteiger partial charge on any atom is -0.395 e. The molecular formula is C12H22N2O3. The fourth-order valence-electron chi connectivity index (χ4n) is 2.16. The number of nitrogens with two attached hydrogens (primary N) is 1. The number of hydrogen-bond acceptors (Lipinski definition) is 4. The van der Waals surface area contributed by atoms with Crippen LogP contribution in [0.25, 0.3) is 0 Å². The van der Waals surface area contributed by atoms with Crippen molar-refractivity contribution in [3.63, 3.8) is 0 Å². The molecule has 0 radical (unpaired) electrons. The number of hydrogen-bond donors (Lipinski definition) is 2. The van der Waals surface area contributed by atoms with Gasteiger partial charge in [0.15, 0.2) is 0 Å². The van der Waals surface area contributed by atoms with E-state index in [1.54, 1.807) is 11.0 Å². The summed E-state index contributed by atoms with van der Waals surface area (Å²) in [7, 11) is 0. The summed E-state index contributed by atoms with van der Waals surface area (Å²) in [5.41, 5.74) is 5.26. The summed E-state index contributed by atoms with van der Waals surface area (Å²) in [6.07, 6.45) is 2.97. The van der Waals surface area contributed by atoms with Gasteiger partial charge in [-0.25, -0.2) is 0 Å². The first-order chi connectivity index (χ1) is 8.20. The van der Waals surface area contributed by atoms with Gasteiger partial charge >= 0.3 is 0 Å². The van der Waals surface area contributed by atoms with Crippen molar-refractivity contribution in [3.05, 3.63) is 12.7 Å². The molecule has 0 saturated carbocycles. The van der Waals surface area contributed by atoms with Crippen molar-refractivity contribution in [3.8, 4) is 0 Å². The molecule has 17 heavy (non-hydrogen) atoms. The maximum atomic E-state index is 12.5. The minimum absolute atomic E-state index is 0.0113. The predicted molar refractivity (Wildman–Crippen MR) is 65.4 cm³/mol. The van der Waals surface area contributed by atoms with Crippen LogP contribution in [-0.2, 0) is 9.53 Å². The summed E-state index contributed by atoms with van der Waals surface area (Å²) in [5, 5.41) is 8.98. The molecule has 0 aromatic carbocycles. The molecular weight excluding hydrogens is 220 g/mol. The second-order valence-corrected chi connectivity index (χ2v) is 4.36. The lowest BCUT2D eigenvalue weighted by atomic mass is 9.79. The van der Waals surface area contributed by atoms with Gasteiger partial charge in [0, 0.05) is 32.8 Å². The number of rotatable bonds is 6. The van der Waals surface area contributed by atoms with Crippen LogP contribution in [0.2, 0.25) is 0 Å². The normalized spacial score (nSPS) is 18.7. The zero-order chi connectivity index (χ0) is 12.7. The molecule has 0 aliphatic carbocycles. The number of aliphatic hydroxyl groups is 1. The number of aliphatic hydroxyl groups excluding tert-OH is 1.